The highest BCUT2D eigenvalue weighted by Crippen LogP contribution is 2.44. The van der Waals surface area contributed by atoms with Crippen LogP contribution in [0.5, 0.6) is 5.75 Å². The molecule has 4 heterocycles. The molecule has 0 spiro atoms. The number of carbonyl (C=O) groups excluding carboxylic acids is 2. The number of phenolic OH excluding ortho intramolecular Hbond substituents is 1. The van der Waals surface area contributed by atoms with E-state index in [4.69, 9.17) is 25.2 Å². The summed E-state index contributed by atoms with van der Waals surface area (Å²) in [5.41, 5.74) is 3.88. The largest absolute Gasteiger partial charge is 0.506 e. The van der Waals surface area contributed by atoms with Crippen molar-refractivity contribution in [2.45, 2.75) is 38.3 Å². The maximum atomic E-state index is 12.7. The molecule has 1 saturated heterocycles. The number of nitrogens with zero attached hydrogens (tertiary/aromatic N) is 1. The Morgan fingerprint density at radius 2 is 1.55 bits per heavy atom. The highest BCUT2D eigenvalue weighted by atomic mass is 16.5. The number of aliphatic hydroxyl groups is 4. The lowest BCUT2D eigenvalue weighted by atomic mass is 9.96. The average molecular weight is 550 g/mol. The van der Waals surface area contributed by atoms with Crippen molar-refractivity contribution in [1.29, 1.82) is 0 Å². The third-order valence-corrected chi connectivity index (χ3v) is 7.37. The van der Waals surface area contributed by atoms with E-state index in [0.717, 1.165) is 32.7 Å². The molecule has 0 bridgehead atoms. The number of imide groups is 1. The van der Waals surface area contributed by atoms with Gasteiger partial charge in [-0.1, -0.05) is 44.2 Å². The number of ether oxygens (including phenoxy) is 1. The van der Waals surface area contributed by atoms with Gasteiger partial charge in [-0.15, -0.1) is 0 Å². The lowest BCUT2D eigenvalue weighted by Gasteiger charge is -2.34. The van der Waals surface area contributed by atoms with Gasteiger partial charge in [0.25, 0.3) is 11.8 Å². The molecule has 11 nitrogen and oxygen atoms in total. The zero-order chi connectivity index (χ0) is 28.9. The van der Waals surface area contributed by atoms with Crippen LogP contribution in [0.25, 0.3) is 43.6 Å². The molecule has 7 N–H and O–H groups in total. The third kappa shape index (κ3) is 4.02. The lowest BCUT2D eigenvalue weighted by molar-refractivity contribution is -0.195. The number of rotatable bonds is 1. The van der Waals surface area contributed by atoms with E-state index in [1.54, 1.807) is 12.1 Å². The fourth-order valence-electron chi connectivity index (χ4n) is 5.54. The van der Waals surface area contributed by atoms with Crippen LogP contribution in [0.1, 0.15) is 34.6 Å². The number of aromatic amines is 1. The quantitative estimate of drug-likeness (QED) is 0.155. The van der Waals surface area contributed by atoms with Crippen LogP contribution in [0.15, 0.2) is 42.5 Å². The van der Waals surface area contributed by atoms with Crippen molar-refractivity contribution >= 4 is 55.4 Å². The zero-order valence-corrected chi connectivity index (χ0v) is 22.2. The number of phenols is 1. The number of aromatic nitrogens is 2. The van der Waals surface area contributed by atoms with Gasteiger partial charge in [-0.2, -0.15) is 0 Å². The van der Waals surface area contributed by atoms with E-state index in [1.807, 2.05) is 55.8 Å². The van der Waals surface area contributed by atoms with E-state index in [1.165, 1.54) is 0 Å². The lowest BCUT2D eigenvalue weighted by Crippen LogP contribution is -2.53. The fraction of sp³-hybridized carbons (Fsp3) is 0.310. The normalized spacial score (nSPS) is 22.2. The molecule has 5 aromatic rings. The molecule has 3 aromatic carbocycles. The molecule has 11 heteroatoms. The maximum absolute atomic E-state index is 12.7. The van der Waals surface area contributed by atoms with Crippen LogP contribution in [0, 0.1) is 0 Å². The Labute approximate surface area is 228 Å². The summed E-state index contributed by atoms with van der Waals surface area (Å²) >= 11 is 0. The Morgan fingerprint density at radius 3 is 2.25 bits per heavy atom. The Hall–Kier alpha value is -4.00. The number of fused-ring (bicyclic) bond motifs is 10. The minimum Gasteiger partial charge on any atom is -0.506 e. The molecular weight excluding hydrogens is 518 g/mol. The molecule has 2 aliphatic heterocycles. The number of hydrogen-bond donors (Lipinski definition) is 7. The van der Waals surface area contributed by atoms with Gasteiger partial charge < -0.3 is 39.8 Å². The number of H-pyrrole nitrogens is 1. The molecule has 0 saturated carbocycles. The van der Waals surface area contributed by atoms with Gasteiger partial charge in [-0.25, -0.2) is 0 Å². The van der Waals surface area contributed by atoms with E-state index in [-0.39, 0.29) is 24.9 Å². The van der Waals surface area contributed by atoms with Crippen molar-refractivity contribution in [2.75, 3.05) is 13.2 Å². The topological polar surface area (TPSA) is 177 Å². The van der Waals surface area contributed by atoms with Crippen molar-refractivity contribution in [2.24, 2.45) is 7.05 Å². The highest BCUT2D eigenvalue weighted by Gasteiger charge is 2.37. The summed E-state index contributed by atoms with van der Waals surface area (Å²) in [6, 6.07) is 13.0. The van der Waals surface area contributed by atoms with Crippen LogP contribution < -0.4 is 5.32 Å². The monoisotopic (exact) mass is 549 g/mol. The van der Waals surface area contributed by atoms with Crippen molar-refractivity contribution in [1.82, 2.24) is 14.9 Å². The first kappa shape index (κ1) is 27.6. The first-order valence-corrected chi connectivity index (χ1v) is 13.0. The van der Waals surface area contributed by atoms with Crippen LogP contribution in [-0.2, 0) is 11.8 Å². The van der Waals surface area contributed by atoms with Gasteiger partial charge in [-0.05, 0) is 12.1 Å². The third-order valence-electron chi connectivity index (χ3n) is 7.37. The summed E-state index contributed by atoms with van der Waals surface area (Å²) in [5.74, 6) is -0.680. The first-order valence-electron chi connectivity index (χ1n) is 13.0. The average Bonchev–Trinajstić information content (AvgIpc) is 3.59. The zero-order valence-electron chi connectivity index (χ0n) is 22.2. The molecule has 2 aromatic heterocycles. The number of aryl methyl sites for hydroxylation is 1. The van der Waals surface area contributed by atoms with Gasteiger partial charge in [0.2, 0.25) is 0 Å². The van der Waals surface area contributed by atoms with E-state index >= 15 is 0 Å². The molecule has 40 heavy (non-hydrogen) atoms. The number of para-hydroxylation sites is 2. The van der Waals surface area contributed by atoms with Crippen molar-refractivity contribution in [3.05, 3.63) is 53.6 Å². The summed E-state index contributed by atoms with van der Waals surface area (Å²) in [5, 5.41) is 51.5. The molecule has 7 rings (SSSR count). The molecule has 0 aliphatic carbocycles. The Kier molecular flexibility index (Phi) is 7.25. The van der Waals surface area contributed by atoms with Crippen LogP contribution in [-0.4, -0.2) is 84.5 Å². The number of nitrogens with one attached hydrogen (secondary N) is 2. The van der Waals surface area contributed by atoms with Crippen LogP contribution in [0.2, 0.25) is 0 Å². The number of benzene rings is 3. The second-order valence-electron chi connectivity index (χ2n) is 9.51. The Morgan fingerprint density at radius 1 is 0.900 bits per heavy atom. The summed E-state index contributed by atoms with van der Waals surface area (Å²) in [6.07, 6.45) is -4.27. The molecule has 2 amide bonds. The molecule has 1 fully saturated rings. The molecular formula is C29H31N3O8. The first-order chi connectivity index (χ1) is 19.2. The van der Waals surface area contributed by atoms with Gasteiger partial charge in [0.05, 0.1) is 40.9 Å². The van der Waals surface area contributed by atoms with Crippen LogP contribution in [0.3, 0.4) is 0 Å². The van der Waals surface area contributed by atoms with Crippen molar-refractivity contribution < 1.29 is 39.9 Å². The minimum absolute atomic E-state index is 0.0521. The molecule has 210 valence electrons. The van der Waals surface area contributed by atoms with E-state index in [0.29, 0.717) is 22.0 Å². The number of aromatic hydroxyl groups is 1. The van der Waals surface area contributed by atoms with E-state index in [9.17, 15) is 14.7 Å². The Bertz CT molecular complexity index is 1770. The molecule has 2 aliphatic rings. The minimum atomic E-state index is -1.22. The summed E-state index contributed by atoms with van der Waals surface area (Å²) in [7, 11) is 1.94. The Balaban J connectivity index is 0.000000210. The van der Waals surface area contributed by atoms with Gasteiger partial charge in [0.15, 0.2) is 0 Å². The second kappa shape index (κ2) is 10.5. The maximum Gasteiger partial charge on any atom is 0.259 e. The smallest absolute Gasteiger partial charge is 0.259 e. The number of carbonyl (C=O) groups is 2. The predicted molar refractivity (Wildman–Crippen MR) is 149 cm³/mol. The van der Waals surface area contributed by atoms with Crippen molar-refractivity contribution in [3.63, 3.8) is 0 Å². The van der Waals surface area contributed by atoms with Gasteiger partial charge >= 0.3 is 0 Å². The standard InChI is InChI=1S/C21H13N3O3.C6H12O5.C2H6/c1-24-11-7-3-2-5-9(11)14-16-15(20(26)23-21(16)27)13-10-6-4-8-12(25)17(10)22-18(13)19(14)24;7-1-4-6(10)5(9)3(8)2-11-4;1-2/h2-8,22,25H,1H3,(H,23,26,27);3-10H,1-2H2;1-2H3. The van der Waals surface area contributed by atoms with Crippen LogP contribution in [0.4, 0.5) is 0 Å². The van der Waals surface area contributed by atoms with Gasteiger partial charge in [0, 0.05) is 34.1 Å². The van der Waals surface area contributed by atoms with Crippen LogP contribution >= 0.6 is 0 Å². The van der Waals surface area contributed by atoms with E-state index in [2.05, 4.69) is 10.3 Å². The molecule has 0 radical (unpaired) electrons. The van der Waals surface area contributed by atoms with Gasteiger partial charge in [0.1, 0.15) is 30.2 Å². The van der Waals surface area contributed by atoms with E-state index < -0.39 is 30.3 Å². The second-order valence-corrected chi connectivity index (χ2v) is 9.51. The number of aliphatic hydroxyl groups excluding tert-OH is 4. The molecule has 4 unspecified atom stereocenters. The summed E-state index contributed by atoms with van der Waals surface area (Å²) in [6.45, 7) is 3.59. The highest BCUT2D eigenvalue weighted by molar-refractivity contribution is 6.39. The summed E-state index contributed by atoms with van der Waals surface area (Å²) in [4.78, 5) is 28.7. The van der Waals surface area contributed by atoms with Gasteiger partial charge in [-0.3, -0.25) is 14.9 Å². The van der Waals surface area contributed by atoms with Crippen molar-refractivity contribution in [3.8, 4) is 5.75 Å². The molecule has 4 atom stereocenters. The predicted octanol–water partition coefficient (Wildman–Crippen LogP) is 2.04. The fourth-order valence-corrected chi connectivity index (χ4v) is 5.54. The number of hydrogen-bond acceptors (Lipinski definition) is 8. The number of amides is 2. The summed E-state index contributed by atoms with van der Waals surface area (Å²) < 4.78 is 6.84. The SMILES string of the molecule is CC.Cn1c2ccccc2c2c3c(c4c5cccc(O)c5[nH]c4c21)C(=O)NC3=O.OCC1OCC(O)C(O)C1O.